The maximum absolute atomic E-state index is 4.86. The van der Waals surface area contributed by atoms with Crippen LogP contribution in [0.4, 0.5) is 0 Å². The minimum Gasteiger partial charge on any atom is -0.523 e. The average Bonchev–Trinajstić information content (AvgIpc) is 2.41. The van der Waals surface area contributed by atoms with Crippen LogP contribution in [0.1, 0.15) is 0 Å². The molecule has 0 aliphatic rings. The zero-order valence-electron chi connectivity index (χ0n) is 10.1. The fourth-order valence-electron chi connectivity index (χ4n) is 1.01. The van der Waals surface area contributed by atoms with Crippen molar-refractivity contribution in [2.75, 3.05) is 14.2 Å². The largest absolute Gasteiger partial charge is 2.00 e. The first-order valence-corrected chi connectivity index (χ1v) is 4.88. The average molecular weight is 327 g/mol. The molecular weight excluding hydrogens is 313 g/mol. The van der Waals surface area contributed by atoms with Gasteiger partial charge in [-0.25, -0.2) is 0 Å². The van der Waals surface area contributed by atoms with Gasteiger partial charge >= 0.3 is 27.3 Å². The smallest absolute Gasteiger partial charge is 0.523 e. The molecule has 0 amide bonds. The van der Waals surface area contributed by atoms with Crippen molar-refractivity contribution in [3.05, 3.63) is 60.7 Å². The van der Waals surface area contributed by atoms with Crippen LogP contribution in [0.15, 0.2) is 48.5 Å². The molecule has 0 heterocycles. The Morgan fingerprint density at radius 2 is 1.18 bits per heavy atom. The first-order valence-electron chi connectivity index (χ1n) is 4.88. The van der Waals surface area contributed by atoms with Gasteiger partial charge in [-0.1, -0.05) is 0 Å². The van der Waals surface area contributed by atoms with Crippen molar-refractivity contribution in [1.82, 2.24) is 0 Å². The molecule has 84 valence electrons. The monoisotopic (exact) mass is 328 g/mol. The Bertz CT molecular complexity index is 336. The number of hydrogen-bond acceptors (Lipinski definition) is 2. The second-order valence-corrected chi connectivity index (χ2v) is 2.86. The quantitative estimate of drug-likeness (QED) is 0.624. The molecule has 0 atom stereocenters. The normalized spacial score (nSPS) is 8.12. The molecule has 2 nitrogen and oxygen atoms in total. The van der Waals surface area contributed by atoms with Gasteiger partial charge in [-0.2, -0.15) is 36.4 Å². The van der Waals surface area contributed by atoms with Crippen LogP contribution >= 0.6 is 0 Å². The van der Waals surface area contributed by atoms with E-state index in [0.717, 1.165) is 11.5 Å². The summed E-state index contributed by atoms with van der Waals surface area (Å²) in [7, 11) is 3.26. The molecule has 0 aliphatic heterocycles. The molecule has 0 spiro atoms. The van der Waals surface area contributed by atoms with Gasteiger partial charge in [0.1, 0.15) is 0 Å². The summed E-state index contributed by atoms with van der Waals surface area (Å²) >= 11 is 0. The van der Waals surface area contributed by atoms with E-state index in [-0.39, 0.29) is 27.3 Å². The SMILES string of the molecule is COc1[c-]cccc1.COc1[c-]cccc1.[Cd+2]. The Morgan fingerprint density at radius 3 is 1.35 bits per heavy atom. The fraction of sp³-hybridized carbons (Fsp3) is 0.143. The third-order valence-corrected chi connectivity index (χ3v) is 1.80. The van der Waals surface area contributed by atoms with Crippen molar-refractivity contribution in [1.29, 1.82) is 0 Å². The van der Waals surface area contributed by atoms with Crippen molar-refractivity contribution < 1.29 is 36.8 Å². The van der Waals surface area contributed by atoms with Gasteiger partial charge < -0.3 is 9.47 Å². The van der Waals surface area contributed by atoms with Gasteiger partial charge in [0, 0.05) is 11.5 Å². The molecule has 0 aromatic heterocycles. The fourth-order valence-corrected chi connectivity index (χ4v) is 1.01. The number of hydrogen-bond donors (Lipinski definition) is 0. The summed E-state index contributed by atoms with van der Waals surface area (Å²) in [6, 6.07) is 20.8. The van der Waals surface area contributed by atoms with Crippen LogP contribution in [0.25, 0.3) is 0 Å². The topological polar surface area (TPSA) is 18.5 Å². The summed E-state index contributed by atoms with van der Waals surface area (Å²) in [5.74, 6) is 1.57. The standard InChI is InChI=1S/2C7H7O.Cd/c2*1-8-7-5-3-2-4-6-7;/h2*2-5H,1H3;/q2*-1;+2. The van der Waals surface area contributed by atoms with Gasteiger partial charge in [-0.15, -0.1) is 24.3 Å². The van der Waals surface area contributed by atoms with E-state index < -0.39 is 0 Å². The van der Waals surface area contributed by atoms with E-state index in [4.69, 9.17) is 9.47 Å². The summed E-state index contributed by atoms with van der Waals surface area (Å²) in [6.07, 6.45) is 0. The molecule has 0 bridgehead atoms. The van der Waals surface area contributed by atoms with E-state index in [1.807, 2.05) is 48.5 Å². The minimum absolute atomic E-state index is 0. The first kappa shape index (κ1) is 16.0. The zero-order valence-corrected chi connectivity index (χ0v) is 14.2. The first-order chi connectivity index (χ1) is 7.86. The second kappa shape index (κ2) is 10.1. The van der Waals surface area contributed by atoms with Crippen molar-refractivity contribution in [2.45, 2.75) is 0 Å². The summed E-state index contributed by atoms with van der Waals surface area (Å²) in [5.41, 5.74) is 0. The molecule has 0 saturated carbocycles. The molecule has 0 radical (unpaired) electrons. The Labute approximate surface area is 123 Å². The molecule has 0 unspecified atom stereocenters. The van der Waals surface area contributed by atoms with Crippen LogP contribution < -0.4 is 9.47 Å². The van der Waals surface area contributed by atoms with Gasteiger partial charge in [0.05, 0.1) is 14.2 Å². The molecule has 3 heteroatoms. The van der Waals surface area contributed by atoms with Gasteiger partial charge in [0.25, 0.3) is 0 Å². The Balaban J connectivity index is 0.000000284. The Hall–Kier alpha value is -1.04. The third-order valence-electron chi connectivity index (χ3n) is 1.80. The number of methoxy groups -OCH3 is 2. The van der Waals surface area contributed by atoms with Crippen molar-refractivity contribution in [3.63, 3.8) is 0 Å². The molecule has 0 saturated heterocycles. The summed E-state index contributed by atoms with van der Waals surface area (Å²) in [4.78, 5) is 0. The molecule has 2 rings (SSSR count). The Kier molecular flexibility index (Phi) is 9.52. The van der Waals surface area contributed by atoms with E-state index >= 15 is 0 Å². The van der Waals surface area contributed by atoms with Gasteiger partial charge in [-0.05, 0) is 0 Å². The number of benzene rings is 2. The molecular formula is C14H14CdO2. The molecule has 0 N–H and O–H groups in total. The number of ether oxygens (including phenoxy) is 2. The van der Waals surface area contributed by atoms with E-state index in [2.05, 4.69) is 12.1 Å². The minimum atomic E-state index is 0. The predicted octanol–water partition coefficient (Wildman–Crippen LogP) is 2.99. The zero-order chi connectivity index (χ0) is 11.6. The van der Waals surface area contributed by atoms with E-state index in [0.29, 0.717) is 0 Å². The van der Waals surface area contributed by atoms with Crippen LogP contribution in [0.2, 0.25) is 0 Å². The maximum atomic E-state index is 4.86. The van der Waals surface area contributed by atoms with Crippen LogP contribution in [0.5, 0.6) is 11.5 Å². The molecule has 2 aromatic carbocycles. The van der Waals surface area contributed by atoms with Crippen molar-refractivity contribution in [2.24, 2.45) is 0 Å². The van der Waals surface area contributed by atoms with Gasteiger partial charge in [0.15, 0.2) is 0 Å². The Morgan fingerprint density at radius 1 is 0.765 bits per heavy atom. The predicted molar refractivity (Wildman–Crippen MR) is 63.7 cm³/mol. The maximum Gasteiger partial charge on any atom is 2.00 e. The van der Waals surface area contributed by atoms with Crippen LogP contribution in [-0.2, 0) is 27.3 Å². The summed E-state index contributed by atoms with van der Waals surface area (Å²) in [6.45, 7) is 0. The molecule has 2 aromatic rings. The molecule has 0 fully saturated rings. The van der Waals surface area contributed by atoms with Crippen LogP contribution in [-0.4, -0.2) is 14.2 Å². The van der Waals surface area contributed by atoms with Gasteiger partial charge in [0.2, 0.25) is 0 Å². The van der Waals surface area contributed by atoms with Crippen LogP contribution in [0, 0.1) is 12.1 Å². The second-order valence-electron chi connectivity index (χ2n) is 2.86. The molecule has 0 aliphatic carbocycles. The summed E-state index contributed by atoms with van der Waals surface area (Å²) in [5, 5.41) is 0. The number of rotatable bonds is 2. The summed E-state index contributed by atoms with van der Waals surface area (Å²) < 4.78 is 9.72. The van der Waals surface area contributed by atoms with E-state index in [1.165, 1.54) is 0 Å². The van der Waals surface area contributed by atoms with Crippen molar-refractivity contribution >= 4 is 0 Å². The third kappa shape index (κ3) is 6.99. The number of para-hydroxylation sites is 2. The van der Waals surface area contributed by atoms with E-state index in [1.54, 1.807) is 14.2 Å². The van der Waals surface area contributed by atoms with Crippen molar-refractivity contribution in [3.8, 4) is 11.5 Å². The van der Waals surface area contributed by atoms with Gasteiger partial charge in [-0.3, -0.25) is 0 Å². The van der Waals surface area contributed by atoms with E-state index in [9.17, 15) is 0 Å². The molecule has 17 heavy (non-hydrogen) atoms. The van der Waals surface area contributed by atoms with Crippen LogP contribution in [0.3, 0.4) is 0 Å².